The predicted octanol–water partition coefficient (Wildman–Crippen LogP) is 3.73. The topological polar surface area (TPSA) is 160 Å². The lowest BCUT2D eigenvalue weighted by atomic mass is 9.87. The Bertz CT molecular complexity index is 1780. The van der Waals surface area contributed by atoms with Gasteiger partial charge in [-0.15, -0.1) is 0 Å². The number of benzene rings is 1. The quantitative estimate of drug-likeness (QED) is 0.227. The van der Waals surface area contributed by atoms with Gasteiger partial charge in [0.15, 0.2) is 5.65 Å². The second-order valence-electron chi connectivity index (χ2n) is 12.5. The highest BCUT2D eigenvalue weighted by Gasteiger charge is 2.47. The van der Waals surface area contributed by atoms with Gasteiger partial charge in [0.2, 0.25) is 12.7 Å². The number of hydrogen-bond donors (Lipinski definition) is 2. The lowest BCUT2D eigenvalue weighted by Gasteiger charge is -2.31. The number of aromatic nitrogens is 4. The van der Waals surface area contributed by atoms with E-state index >= 15 is 0 Å². The van der Waals surface area contributed by atoms with E-state index in [0.717, 1.165) is 59.2 Å². The molecule has 12 heteroatoms. The number of amides is 1. The Morgan fingerprint density at radius 1 is 1.09 bits per heavy atom. The lowest BCUT2D eigenvalue weighted by Crippen LogP contribution is -2.39. The number of aryl methyl sites for hydroxylation is 1. The molecule has 44 heavy (non-hydrogen) atoms. The maximum Gasteiger partial charge on any atom is 0.421 e. The molecule has 0 atom stereocenters. The summed E-state index contributed by atoms with van der Waals surface area (Å²) < 4.78 is 14.1. The van der Waals surface area contributed by atoms with E-state index in [1.54, 1.807) is 9.08 Å². The zero-order valence-corrected chi connectivity index (χ0v) is 25.6. The number of fused-ring (bicyclic) bond motifs is 2. The minimum Gasteiger partial charge on any atom is -0.426 e. The molecule has 2 aliphatic rings. The fraction of sp³-hybridized carbons (Fsp3) is 0.469. The summed E-state index contributed by atoms with van der Waals surface area (Å²) in [5.41, 5.74) is 17.5. The lowest BCUT2D eigenvalue weighted by molar-refractivity contribution is -0.154. The zero-order chi connectivity index (χ0) is 31.3. The molecule has 1 aliphatic heterocycles. The summed E-state index contributed by atoms with van der Waals surface area (Å²) >= 11 is 0. The van der Waals surface area contributed by atoms with Crippen LogP contribution in [0.5, 0.6) is 0 Å². The van der Waals surface area contributed by atoms with Gasteiger partial charge in [-0.05, 0) is 98.8 Å². The van der Waals surface area contributed by atoms with Crippen LogP contribution in [0.3, 0.4) is 0 Å². The van der Waals surface area contributed by atoms with Crippen LogP contribution in [0.2, 0.25) is 0 Å². The summed E-state index contributed by atoms with van der Waals surface area (Å²) in [7, 11) is 0. The summed E-state index contributed by atoms with van der Waals surface area (Å²) in [6.45, 7) is 9.55. The van der Waals surface area contributed by atoms with Gasteiger partial charge in [0.25, 0.3) is 0 Å². The molecular weight excluding hydrogens is 562 g/mol. The molecule has 0 unspecified atom stereocenters. The van der Waals surface area contributed by atoms with Crippen LogP contribution in [-0.2, 0) is 19.1 Å². The van der Waals surface area contributed by atoms with E-state index in [2.05, 4.69) is 41.0 Å². The fourth-order valence-electron chi connectivity index (χ4n) is 6.39. The molecule has 1 aliphatic carbocycles. The first-order chi connectivity index (χ1) is 21.0. The van der Waals surface area contributed by atoms with Gasteiger partial charge in [-0.2, -0.15) is 5.10 Å². The number of likely N-dealkylation sites (tertiary alicyclic amines) is 1. The van der Waals surface area contributed by atoms with Crippen LogP contribution in [-0.4, -0.2) is 74.0 Å². The van der Waals surface area contributed by atoms with Crippen LogP contribution in [0.15, 0.2) is 30.7 Å². The average molecular weight is 602 g/mol. The third-order valence-electron chi connectivity index (χ3n) is 9.18. The monoisotopic (exact) mass is 601 g/mol. The number of carbonyl (C=O) groups excluding carboxylic acids is 3. The average Bonchev–Trinajstić information content (AvgIpc) is 3.42. The number of nitrogens with two attached hydrogens (primary N) is 2. The van der Waals surface area contributed by atoms with E-state index in [4.69, 9.17) is 20.9 Å². The Kier molecular flexibility index (Phi) is 7.66. The van der Waals surface area contributed by atoms with Gasteiger partial charge in [0.05, 0.1) is 17.8 Å². The molecule has 1 saturated heterocycles. The molecule has 3 aromatic heterocycles. The van der Waals surface area contributed by atoms with Crippen molar-refractivity contribution in [1.29, 1.82) is 0 Å². The van der Waals surface area contributed by atoms with Crippen molar-refractivity contribution in [3.05, 3.63) is 53.0 Å². The van der Waals surface area contributed by atoms with Crippen LogP contribution in [0.1, 0.15) is 73.6 Å². The molecule has 2 fully saturated rings. The second-order valence-corrected chi connectivity index (χ2v) is 12.5. The number of ether oxygens (including phenoxy) is 2. The number of nitrogens with zero attached hydrogens (tertiary/aromatic N) is 5. The van der Waals surface area contributed by atoms with Gasteiger partial charge in [-0.1, -0.05) is 19.9 Å². The van der Waals surface area contributed by atoms with E-state index in [1.807, 2.05) is 26.1 Å². The van der Waals surface area contributed by atoms with Gasteiger partial charge >= 0.3 is 12.1 Å². The molecule has 0 radical (unpaired) electrons. The van der Waals surface area contributed by atoms with E-state index < -0.39 is 24.4 Å². The van der Waals surface area contributed by atoms with E-state index in [-0.39, 0.29) is 18.4 Å². The minimum absolute atomic E-state index is 0.0464. The Morgan fingerprint density at radius 3 is 2.48 bits per heavy atom. The third kappa shape index (κ3) is 5.32. The van der Waals surface area contributed by atoms with E-state index in [9.17, 15) is 14.4 Å². The molecular formula is C32H39N7O5. The molecule has 0 bridgehead atoms. The summed E-state index contributed by atoms with van der Waals surface area (Å²) in [4.78, 5) is 44.1. The Balaban J connectivity index is 1.44. The minimum atomic E-state index is -0.975. The summed E-state index contributed by atoms with van der Waals surface area (Å²) in [6.07, 6.45) is 5.67. The van der Waals surface area contributed by atoms with Crippen molar-refractivity contribution >= 4 is 34.5 Å². The Labute approximate surface area is 255 Å². The maximum absolute atomic E-state index is 13.9. The van der Waals surface area contributed by atoms with Crippen molar-refractivity contribution in [3.8, 4) is 11.3 Å². The third-order valence-corrected chi connectivity index (χ3v) is 9.18. The molecule has 1 amide bonds. The highest BCUT2D eigenvalue weighted by molar-refractivity contribution is 6.01. The molecule has 232 valence electrons. The first-order valence-electron chi connectivity index (χ1n) is 15.1. The second kappa shape index (κ2) is 11.3. The maximum atomic E-state index is 13.9. The molecule has 6 rings (SSSR count). The van der Waals surface area contributed by atoms with Crippen molar-refractivity contribution in [2.45, 2.75) is 70.8 Å². The van der Waals surface area contributed by atoms with Crippen molar-refractivity contribution in [2.75, 3.05) is 26.4 Å². The molecule has 0 spiro atoms. The van der Waals surface area contributed by atoms with E-state index in [1.165, 1.54) is 11.9 Å². The van der Waals surface area contributed by atoms with Crippen molar-refractivity contribution in [1.82, 2.24) is 24.1 Å². The number of pyridine rings is 1. The number of primary amides is 1. The smallest absolute Gasteiger partial charge is 0.421 e. The van der Waals surface area contributed by atoms with Crippen LogP contribution in [0.25, 0.3) is 27.8 Å². The van der Waals surface area contributed by atoms with E-state index in [0.29, 0.717) is 30.0 Å². The van der Waals surface area contributed by atoms with Crippen LogP contribution >= 0.6 is 0 Å². The summed E-state index contributed by atoms with van der Waals surface area (Å²) in [5, 5.41) is 5.34. The standard InChI is InChI=1S/C32H39N7O5/c1-18(2)27-23-13-22(21-7-11-37(12-8-21)15-26(33)40)5-6-25(23)39(31(42)44-17-43-30(41)32(34)9-10-32)28(27)24-14-38-29(35-16-36-38)20(4)19(24)3/h5-6,13-14,16,18,21H,7-12,15,17,34H2,1-4H3,(H2,33,40). The fourth-order valence-corrected chi connectivity index (χ4v) is 6.39. The van der Waals surface area contributed by atoms with Crippen molar-refractivity contribution in [3.63, 3.8) is 0 Å². The molecule has 4 N–H and O–H groups in total. The predicted molar refractivity (Wildman–Crippen MR) is 164 cm³/mol. The molecule has 12 nitrogen and oxygen atoms in total. The Hall–Kier alpha value is -4.29. The number of rotatable bonds is 8. The van der Waals surface area contributed by atoms with Gasteiger partial charge in [-0.25, -0.2) is 23.7 Å². The molecule has 1 saturated carbocycles. The number of esters is 1. The first-order valence-corrected chi connectivity index (χ1v) is 15.1. The van der Waals surface area contributed by atoms with Crippen molar-refractivity contribution < 1.29 is 23.9 Å². The van der Waals surface area contributed by atoms with Gasteiger partial charge in [0.1, 0.15) is 11.9 Å². The van der Waals surface area contributed by atoms with Gasteiger partial charge in [0, 0.05) is 17.1 Å². The number of piperidine rings is 1. The van der Waals surface area contributed by atoms with Gasteiger partial charge < -0.3 is 20.9 Å². The molecule has 4 heterocycles. The summed E-state index contributed by atoms with van der Waals surface area (Å²) in [5.74, 6) is -0.527. The number of hydrogen-bond acceptors (Lipinski definition) is 9. The summed E-state index contributed by atoms with van der Waals surface area (Å²) in [6, 6.07) is 6.23. The Morgan fingerprint density at radius 2 is 1.82 bits per heavy atom. The van der Waals surface area contributed by atoms with Crippen LogP contribution in [0.4, 0.5) is 4.79 Å². The largest absolute Gasteiger partial charge is 0.426 e. The molecule has 1 aromatic carbocycles. The number of carbonyl (C=O) groups is 3. The SMILES string of the molecule is Cc1c(-c2c(C(C)C)c3cc(C4CCN(CC(N)=O)CC4)ccc3n2C(=O)OCOC(=O)C2(N)CC2)cn2ncnc2c1C. The highest BCUT2D eigenvalue weighted by atomic mass is 16.7. The zero-order valence-electron chi connectivity index (χ0n) is 25.6. The highest BCUT2D eigenvalue weighted by Crippen LogP contribution is 2.42. The van der Waals surface area contributed by atoms with Crippen LogP contribution < -0.4 is 11.5 Å². The molecule has 4 aromatic rings. The van der Waals surface area contributed by atoms with Gasteiger partial charge in [-0.3, -0.25) is 9.69 Å². The van der Waals surface area contributed by atoms with Crippen LogP contribution in [0, 0.1) is 13.8 Å². The normalized spacial score (nSPS) is 17.0. The first kappa shape index (κ1) is 29.8. The van der Waals surface area contributed by atoms with Crippen molar-refractivity contribution in [2.24, 2.45) is 11.5 Å².